The molecule has 4 rings (SSSR count). The summed E-state index contributed by atoms with van der Waals surface area (Å²) in [5, 5.41) is 3.96. The van der Waals surface area contributed by atoms with Crippen molar-refractivity contribution in [3.8, 4) is 11.3 Å². The van der Waals surface area contributed by atoms with E-state index in [1.165, 1.54) is 5.56 Å². The molecule has 1 unspecified atom stereocenters. The summed E-state index contributed by atoms with van der Waals surface area (Å²) in [6, 6.07) is 25.8. The van der Waals surface area contributed by atoms with Crippen molar-refractivity contribution in [2.75, 3.05) is 0 Å². The molecule has 0 fully saturated rings. The number of amides is 1. The summed E-state index contributed by atoms with van der Waals surface area (Å²) in [4.78, 5) is 18.0. The van der Waals surface area contributed by atoms with E-state index < -0.39 is 0 Å². The molecule has 1 heterocycles. The van der Waals surface area contributed by atoms with E-state index in [1.54, 1.807) is 0 Å². The average molecular weight is 445 g/mol. The van der Waals surface area contributed by atoms with E-state index in [0.717, 1.165) is 32.2 Å². The predicted octanol–water partition coefficient (Wildman–Crippen LogP) is 6.46. The molecule has 1 aromatic heterocycles. The van der Waals surface area contributed by atoms with E-state index in [1.807, 2.05) is 73.7 Å². The number of hydrogen-bond donors (Lipinski definition) is 1. The molecule has 29 heavy (non-hydrogen) atoms. The molecular weight excluding hydrogens is 424 g/mol. The normalized spacial score (nSPS) is 12.0. The summed E-state index contributed by atoms with van der Waals surface area (Å²) < 4.78 is 0.917. The molecule has 0 aliphatic rings. The second kappa shape index (κ2) is 8.18. The highest BCUT2D eigenvalue weighted by molar-refractivity contribution is 9.10. The lowest BCUT2D eigenvalue weighted by atomic mass is 10.0. The number of hydrogen-bond acceptors (Lipinski definition) is 2. The Morgan fingerprint density at radius 1 is 0.966 bits per heavy atom. The fourth-order valence-corrected chi connectivity index (χ4v) is 3.72. The van der Waals surface area contributed by atoms with Gasteiger partial charge in [0, 0.05) is 15.4 Å². The first kappa shape index (κ1) is 19.3. The molecule has 0 spiro atoms. The number of fused-ring (bicyclic) bond motifs is 1. The minimum atomic E-state index is -0.111. The molecule has 144 valence electrons. The van der Waals surface area contributed by atoms with Gasteiger partial charge in [-0.3, -0.25) is 4.79 Å². The van der Waals surface area contributed by atoms with Gasteiger partial charge in [-0.25, -0.2) is 4.98 Å². The van der Waals surface area contributed by atoms with Gasteiger partial charge in [0.1, 0.15) is 0 Å². The highest BCUT2D eigenvalue weighted by Crippen LogP contribution is 2.28. The third kappa shape index (κ3) is 4.22. The third-order valence-corrected chi connectivity index (χ3v) is 5.50. The van der Waals surface area contributed by atoms with Gasteiger partial charge in [0.15, 0.2) is 0 Å². The van der Waals surface area contributed by atoms with Crippen LogP contribution in [0.1, 0.15) is 34.5 Å². The van der Waals surface area contributed by atoms with Crippen molar-refractivity contribution in [3.05, 3.63) is 100 Å². The van der Waals surface area contributed by atoms with Crippen molar-refractivity contribution in [1.82, 2.24) is 10.3 Å². The van der Waals surface area contributed by atoms with Crippen LogP contribution in [0.5, 0.6) is 0 Å². The zero-order valence-electron chi connectivity index (χ0n) is 16.3. The van der Waals surface area contributed by atoms with E-state index in [0.29, 0.717) is 5.56 Å². The lowest BCUT2D eigenvalue weighted by Gasteiger charge is -2.16. The Bertz CT molecular complexity index is 1170. The number of carbonyl (C=O) groups excluding carboxylic acids is 1. The Morgan fingerprint density at radius 3 is 2.41 bits per heavy atom. The number of carbonyl (C=O) groups is 1. The monoisotopic (exact) mass is 444 g/mol. The molecule has 1 N–H and O–H groups in total. The Hall–Kier alpha value is -2.98. The minimum absolute atomic E-state index is 0.0955. The number of rotatable bonds is 4. The largest absolute Gasteiger partial charge is 0.345 e. The van der Waals surface area contributed by atoms with Crippen LogP contribution < -0.4 is 5.32 Å². The molecule has 4 aromatic rings. The van der Waals surface area contributed by atoms with Gasteiger partial charge in [0.25, 0.3) is 5.91 Å². The molecule has 0 aliphatic carbocycles. The molecule has 1 amide bonds. The standard InChI is InChI=1S/C25H21BrN2O/c1-16-8-10-19(11-9-16)24-15-22(21-14-20(26)12-13-23(21)28-24)25(29)27-17(2)18-6-4-3-5-7-18/h3-15,17H,1-2H3,(H,27,29). The molecule has 0 aliphatic heterocycles. The first-order chi connectivity index (χ1) is 14.0. The fourth-order valence-electron chi connectivity index (χ4n) is 3.36. The highest BCUT2D eigenvalue weighted by Gasteiger charge is 2.17. The number of nitrogens with one attached hydrogen (secondary N) is 1. The molecular formula is C25H21BrN2O. The third-order valence-electron chi connectivity index (χ3n) is 5.01. The second-order valence-electron chi connectivity index (χ2n) is 7.19. The molecule has 0 bridgehead atoms. The van der Waals surface area contributed by atoms with Crippen LogP contribution >= 0.6 is 15.9 Å². The minimum Gasteiger partial charge on any atom is -0.345 e. The van der Waals surface area contributed by atoms with Crippen LogP contribution in [0.3, 0.4) is 0 Å². The van der Waals surface area contributed by atoms with Crippen LogP contribution in [0, 0.1) is 6.92 Å². The molecule has 4 heteroatoms. The summed E-state index contributed by atoms with van der Waals surface area (Å²) in [6.45, 7) is 4.05. The van der Waals surface area contributed by atoms with E-state index in [4.69, 9.17) is 4.98 Å². The Morgan fingerprint density at radius 2 is 1.69 bits per heavy atom. The van der Waals surface area contributed by atoms with Crippen LogP contribution in [-0.4, -0.2) is 10.9 Å². The lowest BCUT2D eigenvalue weighted by Crippen LogP contribution is -2.27. The van der Waals surface area contributed by atoms with E-state index in [-0.39, 0.29) is 11.9 Å². The van der Waals surface area contributed by atoms with Crippen LogP contribution in [0.4, 0.5) is 0 Å². The van der Waals surface area contributed by atoms with Crippen molar-refractivity contribution in [2.24, 2.45) is 0 Å². The van der Waals surface area contributed by atoms with Gasteiger partial charge in [-0.1, -0.05) is 76.1 Å². The van der Waals surface area contributed by atoms with Gasteiger partial charge < -0.3 is 5.32 Å². The van der Waals surface area contributed by atoms with Gasteiger partial charge in [-0.2, -0.15) is 0 Å². The predicted molar refractivity (Wildman–Crippen MR) is 122 cm³/mol. The summed E-state index contributed by atoms with van der Waals surface area (Å²) >= 11 is 3.52. The van der Waals surface area contributed by atoms with Crippen molar-refractivity contribution in [2.45, 2.75) is 19.9 Å². The van der Waals surface area contributed by atoms with Crippen LogP contribution in [0.25, 0.3) is 22.2 Å². The lowest BCUT2D eigenvalue weighted by molar-refractivity contribution is 0.0941. The molecule has 3 aromatic carbocycles. The van der Waals surface area contributed by atoms with Gasteiger partial charge in [0.05, 0.1) is 22.8 Å². The summed E-state index contributed by atoms with van der Waals surface area (Å²) in [6.07, 6.45) is 0. The first-order valence-electron chi connectivity index (χ1n) is 9.54. The SMILES string of the molecule is Cc1ccc(-c2cc(C(=O)NC(C)c3ccccc3)c3cc(Br)ccc3n2)cc1. The van der Waals surface area contributed by atoms with E-state index in [2.05, 4.69) is 40.3 Å². The maximum absolute atomic E-state index is 13.2. The molecule has 0 saturated carbocycles. The van der Waals surface area contributed by atoms with Crippen molar-refractivity contribution in [1.29, 1.82) is 0 Å². The number of halogens is 1. The van der Waals surface area contributed by atoms with E-state index in [9.17, 15) is 4.79 Å². The second-order valence-corrected chi connectivity index (χ2v) is 8.10. The molecule has 0 radical (unpaired) electrons. The van der Waals surface area contributed by atoms with E-state index >= 15 is 0 Å². The van der Waals surface area contributed by atoms with Gasteiger partial charge >= 0.3 is 0 Å². The number of aromatic nitrogens is 1. The van der Waals surface area contributed by atoms with Crippen molar-refractivity contribution >= 4 is 32.7 Å². The Balaban J connectivity index is 1.77. The highest BCUT2D eigenvalue weighted by atomic mass is 79.9. The molecule has 0 saturated heterocycles. The number of benzene rings is 3. The summed E-state index contributed by atoms with van der Waals surface area (Å²) in [5.74, 6) is -0.111. The number of aryl methyl sites for hydroxylation is 1. The van der Waals surface area contributed by atoms with Crippen LogP contribution in [0.15, 0.2) is 83.3 Å². The summed E-state index contributed by atoms with van der Waals surface area (Å²) in [7, 11) is 0. The van der Waals surface area contributed by atoms with Gasteiger partial charge in [-0.05, 0) is 43.7 Å². The smallest absolute Gasteiger partial charge is 0.252 e. The zero-order valence-corrected chi connectivity index (χ0v) is 17.9. The van der Waals surface area contributed by atoms with Crippen LogP contribution in [-0.2, 0) is 0 Å². The Labute approximate surface area is 178 Å². The van der Waals surface area contributed by atoms with Crippen molar-refractivity contribution in [3.63, 3.8) is 0 Å². The van der Waals surface area contributed by atoms with Crippen LogP contribution in [0.2, 0.25) is 0 Å². The number of pyridine rings is 1. The fraction of sp³-hybridized carbons (Fsp3) is 0.120. The zero-order chi connectivity index (χ0) is 20.4. The van der Waals surface area contributed by atoms with Crippen molar-refractivity contribution < 1.29 is 4.79 Å². The topological polar surface area (TPSA) is 42.0 Å². The summed E-state index contributed by atoms with van der Waals surface area (Å²) in [5.41, 5.74) is 5.45. The maximum Gasteiger partial charge on any atom is 0.252 e. The average Bonchev–Trinajstić information content (AvgIpc) is 2.74. The first-order valence-corrected chi connectivity index (χ1v) is 10.3. The van der Waals surface area contributed by atoms with Gasteiger partial charge in [0.2, 0.25) is 0 Å². The molecule has 1 atom stereocenters. The number of nitrogens with zero attached hydrogens (tertiary/aromatic N) is 1. The maximum atomic E-state index is 13.2. The Kier molecular flexibility index (Phi) is 5.45. The molecule has 3 nitrogen and oxygen atoms in total. The van der Waals surface area contributed by atoms with Gasteiger partial charge in [-0.15, -0.1) is 0 Å². The quantitative estimate of drug-likeness (QED) is 0.392.